The third-order valence-electron chi connectivity index (χ3n) is 3.81. The highest BCUT2D eigenvalue weighted by atomic mass is 35.5. The highest BCUT2D eigenvalue weighted by molar-refractivity contribution is 6.32. The number of nitrogens with zero attached hydrogens (tertiary/aromatic N) is 1. The molecule has 0 saturated carbocycles. The van der Waals surface area contributed by atoms with Gasteiger partial charge in [0.05, 0.1) is 5.56 Å². The predicted molar refractivity (Wildman–Crippen MR) is 98.0 cm³/mol. The summed E-state index contributed by atoms with van der Waals surface area (Å²) in [5.74, 6) is -0.832. The Kier molecular flexibility index (Phi) is 6.15. The molecule has 1 atom stereocenters. The van der Waals surface area contributed by atoms with Crippen molar-refractivity contribution >= 4 is 29.2 Å². The fraction of sp³-hybridized carbons (Fsp3) is 0.316. The van der Waals surface area contributed by atoms with Crippen LogP contribution in [0.1, 0.15) is 48.2 Å². The maximum Gasteiger partial charge on any atom is 0.342 e. The summed E-state index contributed by atoms with van der Waals surface area (Å²) in [5.41, 5.74) is 2.86. The number of ether oxygens (including phenoxy) is 1. The monoisotopic (exact) mass is 360 g/mol. The Balaban J connectivity index is 2.12. The van der Waals surface area contributed by atoms with Crippen LogP contribution in [0, 0.1) is 6.92 Å². The summed E-state index contributed by atoms with van der Waals surface area (Å²) in [6.07, 6.45) is 0.504. The Morgan fingerprint density at radius 3 is 2.52 bits per heavy atom. The average molecular weight is 361 g/mol. The van der Waals surface area contributed by atoms with E-state index in [1.165, 1.54) is 19.2 Å². The van der Waals surface area contributed by atoms with Crippen molar-refractivity contribution in [3.8, 4) is 0 Å². The van der Waals surface area contributed by atoms with Crippen LogP contribution in [0.5, 0.6) is 0 Å². The van der Waals surface area contributed by atoms with Crippen LogP contribution in [0.15, 0.2) is 36.5 Å². The summed E-state index contributed by atoms with van der Waals surface area (Å²) in [6, 6.07) is 8.93. The minimum Gasteiger partial charge on any atom is -0.449 e. The standard InChI is InChI=1S/C19H21ClN2O3/c1-11(2)14-8-5-7-12(3)16(14)22-18(23)13(4)25-19(24)15-9-6-10-21-17(15)20/h5-11,13H,1-4H3,(H,22,23)/t13-/m0/s1. The van der Waals surface area contributed by atoms with Gasteiger partial charge >= 0.3 is 5.97 Å². The summed E-state index contributed by atoms with van der Waals surface area (Å²) in [7, 11) is 0. The van der Waals surface area contributed by atoms with Gasteiger partial charge in [-0.2, -0.15) is 0 Å². The van der Waals surface area contributed by atoms with Crippen LogP contribution < -0.4 is 5.32 Å². The number of amides is 1. The first-order chi connectivity index (χ1) is 11.8. The van der Waals surface area contributed by atoms with Gasteiger partial charge < -0.3 is 10.1 Å². The molecule has 0 saturated heterocycles. The van der Waals surface area contributed by atoms with Crippen LogP contribution in [0.4, 0.5) is 5.69 Å². The normalized spacial score (nSPS) is 11.9. The first-order valence-corrected chi connectivity index (χ1v) is 8.41. The lowest BCUT2D eigenvalue weighted by Gasteiger charge is -2.19. The number of carbonyl (C=O) groups excluding carboxylic acids is 2. The lowest BCUT2D eigenvalue weighted by molar-refractivity contribution is -0.123. The maximum atomic E-state index is 12.5. The van der Waals surface area contributed by atoms with Gasteiger partial charge in [-0.25, -0.2) is 9.78 Å². The van der Waals surface area contributed by atoms with Crippen molar-refractivity contribution < 1.29 is 14.3 Å². The molecule has 132 valence electrons. The molecular formula is C19H21ClN2O3. The molecule has 0 fully saturated rings. The van der Waals surface area contributed by atoms with E-state index in [1.807, 2.05) is 25.1 Å². The van der Waals surface area contributed by atoms with Crippen molar-refractivity contribution in [2.24, 2.45) is 0 Å². The van der Waals surface area contributed by atoms with Crippen LogP contribution >= 0.6 is 11.6 Å². The molecule has 2 aromatic rings. The topological polar surface area (TPSA) is 68.3 Å². The highest BCUT2D eigenvalue weighted by Crippen LogP contribution is 2.27. The van der Waals surface area contributed by atoms with E-state index in [-0.39, 0.29) is 16.6 Å². The van der Waals surface area contributed by atoms with Gasteiger partial charge in [0.1, 0.15) is 5.15 Å². The number of pyridine rings is 1. The Morgan fingerprint density at radius 2 is 1.88 bits per heavy atom. The molecule has 0 aliphatic rings. The molecule has 2 rings (SSSR count). The van der Waals surface area contributed by atoms with Crippen LogP contribution in [-0.2, 0) is 9.53 Å². The van der Waals surface area contributed by atoms with E-state index >= 15 is 0 Å². The number of rotatable bonds is 5. The smallest absolute Gasteiger partial charge is 0.342 e. The highest BCUT2D eigenvalue weighted by Gasteiger charge is 2.22. The van der Waals surface area contributed by atoms with Gasteiger partial charge in [-0.1, -0.05) is 43.6 Å². The number of hydrogen-bond acceptors (Lipinski definition) is 4. The molecule has 0 radical (unpaired) electrons. The quantitative estimate of drug-likeness (QED) is 0.635. The van der Waals surface area contributed by atoms with E-state index in [2.05, 4.69) is 24.1 Å². The van der Waals surface area contributed by atoms with Crippen molar-refractivity contribution in [3.05, 3.63) is 58.4 Å². The van der Waals surface area contributed by atoms with Crippen LogP contribution in [0.3, 0.4) is 0 Å². The number of anilines is 1. The molecule has 6 heteroatoms. The minimum atomic E-state index is -0.969. The molecule has 0 aliphatic heterocycles. The Hall–Kier alpha value is -2.40. The first-order valence-electron chi connectivity index (χ1n) is 8.03. The molecule has 1 heterocycles. The second kappa shape index (κ2) is 8.12. The zero-order valence-electron chi connectivity index (χ0n) is 14.7. The van der Waals surface area contributed by atoms with Crippen molar-refractivity contribution in [1.29, 1.82) is 0 Å². The molecule has 5 nitrogen and oxygen atoms in total. The van der Waals surface area contributed by atoms with E-state index < -0.39 is 18.0 Å². The number of aromatic nitrogens is 1. The number of aryl methyl sites for hydroxylation is 1. The van der Waals surface area contributed by atoms with Crippen molar-refractivity contribution in [1.82, 2.24) is 4.98 Å². The van der Waals surface area contributed by atoms with E-state index in [0.717, 1.165) is 16.8 Å². The number of benzene rings is 1. The van der Waals surface area contributed by atoms with E-state index in [4.69, 9.17) is 16.3 Å². The third kappa shape index (κ3) is 4.57. The SMILES string of the molecule is Cc1cccc(C(C)C)c1NC(=O)[C@H](C)OC(=O)c1cccnc1Cl. The van der Waals surface area contributed by atoms with E-state index in [9.17, 15) is 9.59 Å². The second-order valence-corrected chi connectivity index (χ2v) is 6.43. The maximum absolute atomic E-state index is 12.5. The van der Waals surface area contributed by atoms with Gasteiger partial charge in [-0.15, -0.1) is 0 Å². The molecule has 0 unspecified atom stereocenters. The number of esters is 1. The summed E-state index contributed by atoms with van der Waals surface area (Å²) in [6.45, 7) is 7.55. The van der Waals surface area contributed by atoms with Crippen LogP contribution in [0.25, 0.3) is 0 Å². The Bertz CT molecular complexity index is 790. The lowest BCUT2D eigenvalue weighted by atomic mass is 9.98. The minimum absolute atomic E-state index is 0.0427. The number of carbonyl (C=O) groups is 2. The van der Waals surface area contributed by atoms with Crippen molar-refractivity contribution in [2.75, 3.05) is 5.32 Å². The molecule has 25 heavy (non-hydrogen) atoms. The summed E-state index contributed by atoms with van der Waals surface area (Å²) in [5, 5.41) is 2.91. The average Bonchev–Trinajstić information content (AvgIpc) is 2.56. The van der Waals surface area contributed by atoms with E-state index in [0.29, 0.717) is 0 Å². The van der Waals surface area contributed by atoms with Gasteiger partial charge in [0, 0.05) is 11.9 Å². The molecular weight excluding hydrogens is 340 g/mol. The molecule has 1 N–H and O–H groups in total. The van der Waals surface area contributed by atoms with E-state index in [1.54, 1.807) is 6.07 Å². The van der Waals surface area contributed by atoms with Gasteiger partial charge in [0.15, 0.2) is 6.10 Å². The zero-order chi connectivity index (χ0) is 18.6. The van der Waals surface area contributed by atoms with Crippen LogP contribution in [0.2, 0.25) is 5.15 Å². The molecule has 1 aromatic heterocycles. The number of halogens is 1. The number of nitrogens with one attached hydrogen (secondary N) is 1. The van der Waals surface area contributed by atoms with Crippen molar-refractivity contribution in [3.63, 3.8) is 0 Å². The fourth-order valence-corrected chi connectivity index (χ4v) is 2.58. The molecule has 1 aromatic carbocycles. The summed E-state index contributed by atoms with van der Waals surface area (Å²) in [4.78, 5) is 28.4. The van der Waals surface area contributed by atoms with Gasteiger partial charge in [-0.3, -0.25) is 4.79 Å². The fourth-order valence-electron chi connectivity index (χ4n) is 2.38. The lowest BCUT2D eigenvalue weighted by Crippen LogP contribution is -2.30. The van der Waals surface area contributed by atoms with Gasteiger partial charge in [0.25, 0.3) is 5.91 Å². The molecule has 1 amide bonds. The summed E-state index contributed by atoms with van der Waals surface area (Å²) >= 11 is 5.88. The molecule has 0 spiro atoms. The first kappa shape index (κ1) is 18.9. The van der Waals surface area contributed by atoms with Crippen molar-refractivity contribution in [2.45, 2.75) is 39.7 Å². The molecule has 0 aliphatic carbocycles. The van der Waals surface area contributed by atoms with Crippen LogP contribution in [-0.4, -0.2) is 23.0 Å². The number of para-hydroxylation sites is 1. The number of hydrogen-bond donors (Lipinski definition) is 1. The largest absolute Gasteiger partial charge is 0.449 e. The predicted octanol–water partition coefficient (Wildman–Crippen LogP) is 4.35. The summed E-state index contributed by atoms with van der Waals surface area (Å²) < 4.78 is 5.22. The Labute approximate surface area is 152 Å². The van der Waals surface area contributed by atoms with Gasteiger partial charge in [-0.05, 0) is 43.0 Å². The zero-order valence-corrected chi connectivity index (χ0v) is 15.4. The molecule has 0 bridgehead atoms. The second-order valence-electron chi connectivity index (χ2n) is 6.07. The van der Waals surface area contributed by atoms with Gasteiger partial charge in [0.2, 0.25) is 0 Å². The third-order valence-corrected chi connectivity index (χ3v) is 4.11. The Morgan fingerprint density at radius 1 is 1.16 bits per heavy atom.